The summed E-state index contributed by atoms with van der Waals surface area (Å²) in [6, 6.07) is 0. The van der Waals surface area contributed by atoms with Crippen molar-refractivity contribution in [2.45, 2.75) is 27.2 Å². The number of carbonyl (C=O) groups excluding carboxylic acids is 1. The van der Waals surface area contributed by atoms with E-state index in [4.69, 9.17) is 9.84 Å². The smallest absolute Gasteiger partial charge is 0.307 e. The molecule has 1 N–H and O–H groups in total. The molecular formula is C14H23NO4. The number of hydrogen-bond donors (Lipinski definition) is 1. The van der Waals surface area contributed by atoms with Crippen molar-refractivity contribution in [2.24, 2.45) is 23.2 Å². The Morgan fingerprint density at radius 2 is 2.05 bits per heavy atom. The van der Waals surface area contributed by atoms with Gasteiger partial charge in [0.2, 0.25) is 5.91 Å². The Labute approximate surface area is 113 Å². The first kappa shape index (κ1) is 14.3. The van der Waals surface area contributed by atoms with E-state index in [1.807, 2.05) is 20.8 Å². The van der Waals surface area contributed by atoms with Gasteiger partial charge in [0.25, 0.3) is 0 Å². The van der Waals surface area contributed by atoms with E-state index in [1.165, 1.54) is 0 Å². The number of rotatable bonds is 5. The Kier molecular flexibility index (Phi) is 3.85. The van der Waals surface area contributed by atoms with Crippen molar-refractivity contribution in [2.75, 3.05) is 26.3 Å². The summed E-state index contributed by atoms with van der Waals surface area (Å²) in [7, 11) is 0. The number of amides is 1. The molecule has 2 aliphatic rings. The molecule has 5 nitrogen and oxygen atoms in total. The standard InChI is InChI=1S/C14H23NO4/c1-4-15(7-9-5-6-19-8-9)12(16)10-11(13(17)18)14(10,2)3/h9-11H,4-8H2,1-3H3,(H,17,18)/t9?,10-,11+/m1/s1. The van der Waals surface area contributed by atoms with E-state index in [2.05, 4.69) is 0 Å². The van der Waals surface area contributed by atoms with Crippen molar-refractivity contribution in [1.82, 2.24) is 4.90 Å². The second kappa shape index (κ2) is 5.12. The van der Waals surface area contributed by atoms with E-state index in [-0.39, 0.29) is 11.8 Å². The van der Waals surface area contributed by atoms with Gasteiger partial charge in [-0.25, -0.2) is 0 Å². The van der Waals surface area contributed by atoms with E-state index in [0.717, 1.165) is 13.0 Å². The monoisotopic (exact) mass is 269 g/mol. The van der Waals surface area contributed by atoms with Crippen LogP contribution in [0, 0.1) is 23.2 Å². The van der Waals surface area contributed by atoms with Gasteiger partial charge in [-0.2, -0.15) is 0 Å². The van der Waals surface area contributed by atoms with Gasteiger partial charge in [-0.1, -0.05) is 13.8 Å². The van der Waals surface area contributed by atoms with E-state index in [9.17, 15) is 9.59 Å². The highest BCUT2D eigenvalue weighted by Gasteiger charge is 2.66. The third-order valence-corrected chi connectivity index (χ3v) is 4.56. The van der Waals surface area contributed by atoms with E-state index < -0.39 is 17.3 Å². The van der Waals surface area contributed by atoms with Crippen LogP contribution in [0.4, 0.5) is 0 Å². The lowest BCUT2D eigenvalue weighted by atomic mass is 10.1. The average molecular weight is 269 g/mol. The second-order valence-corrected chi connectivity index (χ2v) is 6.22. The molecule has 1 unspecified atom stereocenters. The zero-order valence-electron chi connectivity index (χ0n) is 11.9. The molecule has 3 atom stereocenters. The van der Waals surface area contributed by atoms with Crippen LogP contribution < -0.4 is 0 Å². The lowest BCUT2D eigenvalue weighted by molar-refractivity contribution is -0.142. The molecule has 0 aromatic carbocycles. The van der Waals surface area contributed by atoms with Gasteiger partial charge >= 0.3 is 5.97 Å². The van der Waals surface area contributed by atoms with Crippen molar-refractivity contribution < 1.29 is 19.4 Å². The molecule has 0 spiro atoms. The molecule has 1 saturated carbocycles. The highest BCUT2D eigenvalue weighted by atomic mass is 16.5. The van der Waals surface area contributed by atoms with Crippen LogP contribution in [0.1, 0.15) is 27.2 Å². The van der Waals surface area contributed by atoms with Gasteiger partial charge < -0.3 is 14.7 Å². The molecule has 1 aliphatic heterocycles. The van der Waals surface area contributed by atoms with Gasteiger partial charge in [-0.15, -0.1) is 0 Å². The van der Waals surface area contributed by atoms with Gasteiger partial charge in [0, 0.05) is 25.6 Å². The van der Waals surface area contributed by atoms with Gasteiger partial charge in [0.05, 0.1) is 18.4 Å². The van der Waals surface area contributed by atoms with Crippen LogP contribution in [0.5, 0.6) is 0 Å². The maximum absolute atomic E-state index is 12.5. The number of nitrogens with zero attached hydrogens (tertiary/aromatic N) is 1. The predicted octanol–water partition coefficient (Wildman–Crippen LogP) is 1.23. The van der Waals surface area contributed by atoms with Crippen LogP contribution in [0.15, 0.2) is 0 Å². The Hall–Kier alpha value is -1.10. The number of carboxylic acid groups (broad SMARTS) is 1. The summed E-state index contributed by atoms with van der Waals surface area (Å²) in [6.45, 7) is 8.46. The highest BCUT2D eigenvalue weighted by Crippen LogP contribution is 2.59. The third-order valence-electron chi connectivity index (χ3n) is 4.56. The first-order chi connectivity index (χ1) is 8.89. The van der Waals surface area contributed by atoms with Crippen LogP contribution >= 0.6 is 0 Å². The molecule has 1 aliphatic carbocycles. The van der Waals surface area contributed by atoms with Crippen molar-refractivity contribution in [3.05, 3.63) is 0 Å². The molecule has 2 rings (SSSR count). The van der Waals surface area contributed by atoms with Gasteiger partial charge in [-0.05, 0) is 18.8 Å². The van der Waals surface area contributed by atoms with Crippen molar-refractivity contribution in [3.63, 3.8) is 0 Å². The van der Waals surface area contributed by atoms with E-state index in [1.54, 1.807) is 4.90 Å². The van der Waals surface area contributed by atoms with Gasteiger partial charge in [0.15, 0.2) is 0 Å². The molecule has 0 aromatic heterocycles. The maximum atomic E-state index is 12.5. The lowest BCUT2D eigenvalue weighted by Gasteiger charge is -2.24. The fraction of sp³-hybridized carbons (Fsp3) is 0.857. The second-order valence-electron chi connectivity index (χ2n) is 6.22. The number of hydrogen-bond acceptors (Lipinski definition) is 3. The van der Waals surface area contributed by atoms with Crippen LogP contribution in [0.25, 0.3) is 0 Å². The largest absolute Gasteiger partial charge is 0.481 e. The summed E-state index contributed by atoms with van der Waals surface area (Å²) < 4.78 is 5.33. The summed E-state index contributed by atoms with van der Waals surface area (Å²) in [5.41, 5.74) is -0.414. The first-order valence-electron chi connectivity index (χ1n) is 6.99. The molecule has 1 heterocycles. The minimum Gasteiger partial charge on any atom is -0.481 e. The normalized spacial score (nSPS) is 32.1. The zero-order valence-corrected chi connectivity index (χ0v) is 11.9. The maximum Gasteiger partial charge on any atom is 0.307 e. The fourth-order valence-corrected chi connectivity index (χ4v) is 3.17. The Morgan fingerprint density at radius 1 is 1.37 bits per heavy atom. The van der Waals surface area contributed by atoms with Crippen molar-refractivity contribution in [3.8, 4) is 0 Å². The highest BCUT2D eigenvalue weighted by molar-refractivity contribution is 5.91. The van der Waals surface area contributed by atoms with Gasteiger partial charge in [-0.3, -0.25) is 9.59 Å². The summed E-state index contributed by atoms with van der Waals surface area (Å²) in [6.07, 6.45) is 0.986. The van der Waals surface area contributed by atoms with Crippen LogP contribution in [-0.2, 0) is 14.3 Å². The van der Waals surface area contributed by atoms with E-state index in [0.29, 0.717) is 25.6 Å². The number of carboxylic acids is 1. The summed E-state index contributed by atoms with van der Waals surface area (Å²) >= 11 is 0. The number of aliphatic carboxylic acids is 1. The number of carbonyl (C=O) groups is 2. The van der Waals surface area contributed by atoms with Crippen molar-refractivity contribution in [1.29, 1.82) is 0 Å². The average Bonchev–Trinajstić information content (AvgIpc) is 2.73. The molecule has 108 valence electrons. The Bertz CT molecular complexity index is 374. The number of ether oxygens (including phenoxy) is 1. The fourth-order valence-electron chi connectivity index (χ4n) is 3.17. The SMILES string of the molecule is CCN(CC1CCOC1)C(=O)[C@H]1[C@@H](C(=O)O)C1(C)C. The minimum atomic E-state index is -0.858. The van der Waals surface area contributed by atoms with Crippen LogP contribution in [0.3, 0.4) is 0 Å². The molecular weight excluding hydrogens is 246 g/mol. The lowest BCUT2D eigenvalue weighted by Crippen LogP contribution is -2.37. The molecule has 1 saturated heterocycles. The zero-order chi connectivity index (χ0) is 14.2. The molecule has 0 radical (unpaired) electrons. The van der Waals surface area contributed by atoms with Crippen molar-refractivity contribution >= 4 is 11.9 Å². The first-order valence-corrected chi connectivity index (χ1v) is 6.99. The van der Waals surface area contributed by atoms with Crippen LogP contribution in [0.2, 0.25) is 0 Å². The van der Waals surface area contributed by atoms with Gasteiger partial charge in [0.1, 0.15) is 0 Å². The molecule has 2 fully saturated rings. The summed E-state index contributed by atoms with van der Waals surface area (Å²) in [5.74, 6) is -1.37. The molecule has 1 amide bonds. The summed E-state index contributed by atoms with van der Waals surface area (Å²) in [4.78, 5) is 25.4. The molecule has 5 heteroatoms. The van der Waals surface area contributed by atoms with E-state index >= 15 is 0 Å². The third kappa shape index (κ3) is 2.61. The molecule has 0 aromatic rings. The van der Waals surface area contributed by atoms with Crippen LogP contribution in [-0.4, -0.2) is 48.2 Å². The molecule has 19 heavy (non-hydrogen) atoms. The minimum absolute atomic E-state index is 0.00759. The topological polar surface area (TPSA) is 66.8 Å². The Morgan fingerprint density at radius 3 is 2.47 bits per heavy atom. The quantitative estimate of drug-likeness (QED) is 0.815. The Balaban J connectivity index is 1.99. The predicted molar refractivity (Wildman–Crippen MR) is 69.6 cm³/mol. The summed E-state index contributed by atoms with van der Waals surface area (Å²) in [5, 5.41) is 9.16. The molecule has 0 bridgehead atoms.